The van der Waals surface area contributed by atoms with Crippen LogP contribution in [0.5, 0.6) is 0 Å². The topological polar surface area (TPSA) is 40.2 Å². The Morgan fingerprint density at radius 2 is 2.15 bits per heavy atom. The summed E-state index contributed by atoms with van der Waals surface area (Å²) < 4.78 is 19.2. The number of nitriles is 1. The summed E-state index contributed by atoms with van der Waals surface area (Å²) in [5.41, 5.74) is 1.07. The second kappa shape index (κ2) is 5.48. The molecular formula is C16H15FN2O. The van der Waals surface area contributed by atoms with E-state index in [1.165, 1.54) is 12.1 Å². The first-order chi connectivity index (χ1) is 9.76. The molecule has 1 saturated carbocycles. The largest absolute Gasteiger partial charge is 0.468 e. The van der Waals surface area contributed by atoms with E-state index < -0.39 is 0 Å². The molecule has 1 aliphatic carbocycles. The Balaban J connectivity index is 1.78. The molecule has 0 amide bonds. The van der Waals surface area contributed by atoms with E-state index in [0.29, 0.717) is 30.3 Å². The molecule has 0 radical (unpaired) electrons. The minimum atomic E-state index is -0.255. The van der Waals surface area contributed by atoms with E-state index in [2.05, 4.69) is 11.0 Å². The highest BCUT2D eigenvalue weighted by molar-refractivity contribution is 5.33. The van der Waals surface area contributed by atoms with Crippen LogP contribution in [0.2, 0.25) is 0 Å². The van der Waals surface area contributed by atoms with Crippen LogP contribution in [0.25, 0.3) is 0 Å². The highest BCUT2D eigenvalue weighted by Crippen LogP contribution is 2.30. The average Bonchev–Trinajstić information content (AvgIpc) is 3.18. The monoisotopic (exact) mass is 270 g/mol. The fourth-order valence-corrected chi connectivity index (χ4v) is 2.34. The minimum Gasteiger partial charge on any atom is -0.468 e. The smallest absolute Gasteiger partial charge is 0.127 e. The minimum absolute atomic E-state index is 0.255. The van der Waals surface area contributed by atoms with Crippen LogP contribution in [0.1, 0.15) is 29.7 Å². The zero-order valence-electron chi connectivity index (χ0n) is 11.1. The van der Waals surface area contributed by atoms with Gasteiger partial charge >= 0.3 is 0 Å². The van der Waals surface area contributed by atoms with Gasteiger partial charge < -0.3 is 4.42 Å². The SMILES string of the molecule is N#Cc1ccc(F)c(CN(Cc2ccco2)C2CC2)c1. The lowest BCUT2D eigenvalue weighted by atomic mass is 10.1. The van der Waals surface area contributed by atoms with Gasteiger partial charge in [0.2, 0.25) is 0 Å². The Morgan fingerprint density at radius 1 is 1.30 bits per heavy atom. The van der Waals surface area contributed by atoms with Crippen molar-refractivity contribution in [3.8, 4) is 6.07 Å². The first-order valence-corrected chi connectivity index (χ1v) is 6.71. The molecule has 1 aliphatic rings. The van der Waals surface area contributed by atoms with E-state index in [-0.39, 0.29) is 5.82 Å². The molecule has 2 aromatic rings. The molecule has 102 valence electrons. The predicted octanol–water partition coefficient (Wildman–Crippen LogP) is 3.45. The van der Waals surface area contributed by atoms with E-state index in [9.17, 15) is 4.39 Å². The van der Waals surface area contributed by atoms with Gasteiger partial charge in [-0.05, 0) is 43.2 Å². The summed E-state index contributed by atoms with van der Waals surface area (Å²) >= 11 is 0. The van der Waals surface area contributed by atoms with Gasteiger partial charge in [0, 0.05) is 18.2 Å². The number of halogens is 1. The lowest BCUT2D eigenvalue weighted by molar-refractivity contribution is 0.222. The number of nitrogens with zero attached hydrogens (tertiary/aromatic N) is 2. The van der Waals surface area contributed by atoms with Crippen molar-refractivity contribution in [3.63, 3.8) is 0 Å². The average molecular weight is 270 g/mol. The van der Waals surface area contributed by atoms with E-state index in [4.69, 9.17) is 9.68 Å². The van der Waals surface area contributed by atoms with Gasteiger partial charge in [-0.25, -0.2) is 4.39 Å². The van der Waals surface area contributed by atoms with Gasteiger partial charge in [-0.2, -0.15) is 5.26 Å². The van der Waals surface area contributed by atoms with Crippen molar-refractivity contribution in [2.24, 2.45) is 0 Å². The van der Waals surface area contributed by atoms with Crippen molar-refractivity contribution in [3.05, 3.63) is 59.3 Å². The molecule has 0 saturated heterocycles. The third kappa shape index (κ3) is 2.89. The summed E-state index contributed by atoms with van der Waals surface area (Å²) in [5.74, 6) is 0.628. The third-order valence-electron chi connectivity index (χ3n) is 3.55. The van der Waals surface area contributed by atoms with E-state index in [0.717, 1.165) is 18.6 Å². The molecule has 1 fully saturated rings. The molecule has 1 aromatic carbocycles. The molecule has 3 rings (SSSR count). The maximum atomic E-state index is 13.9. The molecule has 20 heavy (non-hydrogen) atoms. The first kappa shape index (κ1) is 12.9. The zero-order valence-corrected chi connectivity index (χ0v) is 11.1. The Kier molecular flexibility index (Phi) is 3.53. The summed E-state index contributed by atoms with van der Waals surface area (Å²) in [6, 6.07) is 10.8. The van der Waals surface area contributed by atoms with Gasteiger partial charge in [0.25, 0.3) is 0 Å². The quantitative estimate of drug-likeness (QED) is 0.835. The number of hydrogen-bond donors (Lipinski definition) is 0. The third-order valence-corrected chi connectivity index (χ3v) is 3.55. The Hall–Kier alpha value is -2.12. The predicted molar refractivity (Wildman–Crippen MR) is 72.1 cm³/mol. The van der Waals surface area contributed by atoms with Gasteiger partial charge in [0.05, 0.1) is 24.4 Å². The normalized spacial score (nSPS) is 14.4. The van der Waals surface area contributed by atoms with Gasteiger partial charge in [0.15, 0.2) is 0 Å². The molecule has 4 heteroatoms. The lowest BCUT2D eigenvalue weighted by Crippen LogP contribution is -2.25. The van der Waals surface area contributed by atoms with Gasteiger partial charge in [0.1, 0.15) is 11.6 Å². The van der Waals surface area contributed by atoms with Crippen molar-refractivity contribution < 1.29 is 8.81 Å². The Morgan fingerprint density at radius 3 is 2.80 bits per heavy atom. The molecule has 0 spiro atoms. The van der Waals surface area contributed by atoms with Crippen LogP contribution in [0.4, 0.5) is 4.39 Å². The van der Waals surface area contributed by atoms with Gasteiger partial charge in [-0.1, -0.05) is 0 Å². The molecule has 3 nitrogen and oxygen atoms in total. The van der Waals surface area contributed by atoms with E-state index in [1.807, 2.05) is 12.1 Å². The molecule has 0 N–H and O–H groups in total. The van der Waals surface area contributed by atoms with Gasteiger partial charge in [-0.15, -0.1) is 0 Å². The van der Waals surface area contributed by atoms with Crippen LogP contribution in [-0.2, 0) is 13.1 Å². The fourth-order valence-electron chi connectivity index (χ4n) is 2.34. The van der Waals surface area contributed by atoms with Crippen LogP contribution in [0.3, 0.4) is 0 Å². The summed E-state index contributed by atoms with van der Waals surface area (Å²) in [7, 11) is 0. The molecule has 0 atom stereocenters. The zero-order chi connectivity index (χ0) is 13.9. The van der Waals surface area contributed by atoms with Crippen molar-refractivity contribution >= 4 is 0 Å². The van der Waals surface area contributed by atoms with Gasteiger partial charge in [-0.3, -0.25) is 4.90 Å². The first-order valence-electron chi connectivity index (χ1n) is 6.71. The Bertz CT molecular complexity index is 626. The fraction of sp³-hybridized carbons (Fsp3) is 0.312. The molecule has 1 aromatic heterocycles. The number of benzene rings is 1. The number of furan rings is 1. The standard InChI is InChI=1S/C16H15FN2O/c17-16-6-3-12(9-18)8-13(16)10-19(14-4-5-14)11-15-2-1-7-20-15/h1-3,6-8,14H,4-5,10-11H2. The van der Waals surface area contributed by atoms with E-state index >= 15 is 0 Å². The Labute approximate surface area is 117 Å². The van der Waals surface area contributed by atoms with Crippen molar-refractivity contribution in [1.29, 1.82) is 5.26 Å². The van der Waals surface area contributed by atoms with E-state index in [1.54, 1.807) is 12.3 Å². The van der Waals surface area contributed by atoms with Crippen LogP contribution in [0.15, 0.2) is 41.0 Å². The second-order valence-electron chi connectivity index (χ2n) is 5.13. The second-order valence-corrected chi connectivity index (χ2v) is 5.13. The maximum absolute atomic E-state index is 13.9. The molecule has 0 bridgehead atoms. The van der Waals surface area contributed by atoms with Crippen LogP contribution in [-0.4, -0.2) is 10.9 Å². The molecule has 1 heterocycles. The summed E-state index contributed by atoms with van der Waals surface area (Å²) in [5, 5.41) is 8.91. The lowest BCUT2D eigenvalue weighted by Gasteiger charge is -2.21. The summed E-state index contributed by atoms with van der Waals surface area (Å²) in [4.78, 5) is 2.21. The number of rotatable bonds is 5. The maximum Gasteiger partial charge on any atom is 0.127 e. The number of hydrogen-bond acceptors (Lipinski definition) is 3. The van der Waals surface area contributed by atoms with Crippen LogP contribution in [0, 0.1) is 17.1 Å². The van der Waals surface area contributed by atoms with Crippen LogP contribution < -0.4 is 0 Å². The summed E-state index contributed by atoms with van der Waals surface area (Å²) in [6.07, 6.45) is 3.93. The highest BCUT2D eigenvalue weighted by Gasteiger charge is 2.30. The molecule has 0 aliphatic heterocycles. The van der Waals surface area contributed by atoms with Crippen molar-refractivity contribution in [2.45, 2.75) is 32.0 Å². The molecular weight excluding hydrogens is 255 g/mol. The van der Waals surface area contributed by atoms with Crippen molar-refractivity contribution in [2.75, 3.05) is 0 Å². The van der Waals surface area contributed by atoms with Crippen LogP contribution >= 0.6 is 0 Å². The van der Waals surface area contributed by atoms with Crippen molar-refractivity contribution in [1.82, 2.24) is 4.90 Å². The highest BCUT2D eigenvalue weighted by atomic mass is 19.1. The summed E-state index contributed by atoms with van der Waals surface area (Å²) in [6.45, 7) is 1.18. The molecule has 0 unspecified atom stereocenters.